The number of amides is 1. The molecule has 1 amide bonds. The maximum Gasteiger partial charge on any atom is 0.300 e. The summed E-state index contributed by atoms with van der Waals surface area (Å²) in [6, 6.07) is 8.69. The molecule has 9 nitrogen and oxygen atoms in total. The Bertz CT molecular complexity index is 1110. The predicted octanol–water partition coefficient (Wildman–Crippen LogP) is 1.49. The second-order valence-corrected chi connectivity index (χ2v) is 8.72. The van der Waals surface area contributed by atoms with Gasteiger partial charge in [0.2, 0.25) is 10.0 Å². The van der Waals surface area contributed by atoms with Crippen molar-refractivity contribution in [3.8, 4) is 0 Å². The van der Waals surface area contributed by atoms with Crippen molar-refractivity contribution in [3.63, 3.8) is 0 Å². The van der Waals surface area contributed by atoms with Gasteiger partial charge < -0.3 is 15.7 Å². The molecule has 1 saturated heterocycles. The monoisotopic (exact) mass is 468 g/mol. The number of nitrogens with two attached hydrogens (primary N) is 1. The van der Waals surface area contributed by atoms with E-state index in [4.69, 9.17) is 21.0 Å². The minimum Gasteiger partial charge on any atom is -0.481 e. The Labute approximate surface area is 183 Å². The highest BCUT2D eigenvalue weighted by molar-refractivity contribution is 7.89. The number of hydrogen-bond donors (Lipinski definition) is 3. The Hall–Kier alpha value is -3.38. The molecule has 0 bridgehead atoms. The number of rotatable bonds is 4. The summed E-state index contributed by atoms with van der Waals surface area (Å²) in [6.45, 7) is 1.49. The standard InChI is InChI=1S/C18H18F2N4O3S.C2H4O2/c19-15-6-5-14(11-16(15)20)28(26,27)24-9-7-23(8-10-24)18(25)13-3-1-12(2-4-13)17(21)22;1-2(3)4/h1-6,11H,7-10H2,(H3,21,22);1H3,(H,3,4). The Kier molecular flexibility index (Phi) is 8.00. The summed E-state index contributed by atoms with van der Waals surface area (Å²) < 4.78 is 52.8. The number of aliphatic carboxylic acids is 1. The summed E-state index contributed by atoms with van der Waals surface area (Å²) in [6.07, 6.45) is 0. The summed E-state index contributed by atoms with van der Waals surface area (Å²) in [7, 11) is -3.98. The second kappa shape index (κ2) is 10.3. The van der Waals surface area contributed by atoms with Crippen LogP contribution in [0.5, 0.6) is 0 Å². The fourth-order valence-corrected chi connectivity index (χ4v) is 4.33. The molecule has 3 rings (SSSR count). The Morgan fingerprint density at radius 1 is 0.969 bits per heavy atom. The highest BCUT2D eigenvalue weighted by Gasteiger charge is 2.31. The van der Waals surface area contributed by atoms with Crippen molar-refractivity contribution in [2.24, 2.45) is 5.73 Å². The van der Waals surface area contributed by atoms with Gasteiger partial charge in [-0.25, -0.2) is 17.2 Å². The lowest BCUT2D eigenvalue weighted by Crippen LogP contribution is -2.50. The van der Waals surface area contributed by atoms with Crippen LogP contribution in [-0.2, 0) is 14.8 Å². The van der Waals surface area contributed by atoms with Gasteiger partial charge in [0.05, 0.1) is 4.90 Å². The fraction of sp³-hybridized carbons (Fsp3) is 0.250. The molecule has 0 unspecified atom stereocenters. The number of nitrogen functional groups attached to an aromatic ring is 1. The highest BCUT2D eigenvalue weighted by Crippen LogP contribution is 2.20. The van der Waals surface area contributed by atoms with Gasteiger partial charge in [-0.2, -0.15) is 4.31 Å². The molecule has 0 spiro atoms. The number of sulfonamides is 1. The molecule has 0 aromatic heterocycles. The number of nitrogens with zero attached hydrogens (tertiary/aromatic N) is 2. The third-order valence-corrected chi connectivity index (χ3v) is 6.39. The van der Waals surface area contributed by atoms with Crippen LogP contribution in [0.3, 0.4) is 0 Å². The number of piperazine rings is 1. The normalized spacial score (nSPS) is 14.3. The van der Waals surface area contributed by atoms with E-state index in [2.05, 4.69) is 0 Å². The lowest BCUT2D eigenvalue weighted by atomic mass is 10.1. The van der Waals surface area contributed by atoms with Gasteiger partial charge in [-0.15, -0.1) is 0 Å². The van der Waals surface area contributed by atoms with E-state index in [1.165, 1.54) is 4.90 Å². The van der Waals surface area contributed by atoms with Crippen LogP contribution in [0, 0.1) is 17.0 Å². The maximum absolute atomic E-state index is 13.4. The van der Waals surface area contributed by atoms with Gasteiger partial charge in [0.15, 0.2) is 11.6 Å². The zero-order valence-corrected chi connectivity index (χ0v) is 17.9. The topological polar surface area (TPSA) is 145 Å². The molecule has 1 fully saturated rings. The quantitative estimate of drug-likeness (QED) is 0.458. The van der Waals surface area contributed by atoms with Gasteiger partial charge in [-0.05, 0) is 30.3 Å². The van der Waals surface area contributed by atoms with E-state index in [9.17, 15) is 22.0 Å². The lowest BCUT2D eigenvalue weighted by Gasteiger charge is -2.34. The average molecular weight is 468 g/mol. The molecular formula is C20H22F2N4O5S. The van der Waals surface area contributed by atoms with Crippen molar-refractivity contribution in [1.29, 1.82) is 5.41 Å². The summed E-state index contributed by atoms with van der Waals surface area (Å²) in [5.41, 5.74) is 6.29. The molecule has 0 aliphatic carbocycles. The minimum absolute atomic E-state index is 0.0403. The van der Waals surface area contributed by atoms with Crippen molar-refractivity contribution < 1.29 is 31.9 Å². The number of carbonyl (C=O) groups excluding carboxylic acids is 1. The zero-order valence-electron chi connectivity index (χ0n) is 17.1. The van der Waals surface area contributed by atoms with E-state index in [1.54, 1.807) is 24.3 Å². The summed E-state index contributed by atoms with van der Waals surface area (Å²) in [5, 5.41) is 14.8. The van der Waals surface area contributed by atoms with E-state index in [-0.39, 0.29) is 42.8 Å². The molecular weight excluding hydrogens is 446 g/mol. The number of hydrogen-bond acceptors (Lipinski definition) is 5. The van der Waals surface area contributed by atoms with Crippen LogP contribution in [0.15, 0.2) is 47.4 Å². The van der Waals surface area contributed by atoms with Crippen LogP contribution in [0.1, 0.15) is 22.8 Å². The van der Waals surface area contributed by atoms with Crippen molar-refractivity contribution in [3.05, 3.63) is 65.2 Å². The van der Waals surface area contributed by atoms with E-state index in [0.29, 0.717) is 17.2 Å². The Morgan fingerprint density at radius 3 is 1.94 bits per heavy atom. The molecule has 4 N–H and O–H groups in total. The Balaban J connectivity index is 0.000000837. The predicted molar refractivity (Wildman–Crippen MR) is 112 cm³/mol. The number of halogens is 2. The van der Waals surface area contributed by atoms with Crippen molar-refractivity contribution >= 4 is 27.7 Å². The third-order valence-electron chi connectivity index (χ3n) is 4.50. The number of carboxylic acids is 1. The first-order valence-electron chi connectivity index (χ1n) is 9.32. The fourth-order valence-electron chi connectivity index (χ4n) is 2.89. The third kappa shape index (κ3) is 6.08. The largest absolute Gasteiger partial charge is 0.481 e. The van der Waals surface area contributed by atoms with Crippen LogP contribution in [0.2, 0.25) is 0 Å². The maximum atomic E-state index is 13.4. The first-order chi connectivity index (χ1) is 14.9. The smallest absolute Gasteiger partial charge is 0.300 e. The van der Waals surface area contributed by atoms with Gasteiger partial charge >= 0.3 is 0 Å². The Morgan fingerprint density at radius 2 is 1.47 bits per heavy atom. The summed E-state index contributed by atoms with van der Waals surface area (Å²) >= 11 is 0. The second-order valence-electron chi connectivity index (χ2n) is 6.78. The molecule has 0 radical (unpaired) electrons. The number of amidine groups is 1. The lowest BCUT2D eigenvalue weighted by molar-refractivity contribution is -0.134. The van der Waals surface area contributed by atoms with Crippen LogP contribution >= 0.6 is 0 Å². The summed E-state index contributed by atoms with van der Waals surface area (Å²) in [4.78, 5) is 22.8. The minimum atomic E-state index is -3.98. The van der Waals surface area contributed by atoms with Gasteiger partial charge in [0, 0.05) is 44.2 Å². The van der Waals surface area contributed by atoms with Crippen LogP contribution in [-0.4, -0.2) is 66.6 Å². The number of carbonyl (C=O) groups is 2. The molecule has 1 aliphatic rings. The first-order valence-corrected chi connectivity index (χ1v) is 10.8. The molecule has 32 heavy (non-hydrogen) atoms. The van der Waals surface area contributed by atoms with E-state index < -0.39 is 27.6 Å². The van der Waals surface area contributed by atoms with Crippen LogP contribution < -0.4 is 5.73 Å². The van der Waals surface area contributed by atoms with Crippen LogP contribution in [0.4, 0.5) is 8.78 Å². The number of nitrogens with one attached hydrogen (secondary N) is 1. The van der Waals surface area contributed by atoms with Gasteiger partial charge in [0.25, 0.3) is 11.9 Å². The first kappa shape index (κ1) is 24.9. The molecule has 1 heterocycles. The molecule has 2 aromatic rings. The highest BCUT2D eigenvalue weighted by atomic mass is 32.2. The van der Waals surface area contributed by atoms with Crippen molar-refractivity contribution in [2.45, 2.75) is 11.8 Å². The van der Waals surface area contributed by atoms with Gasteiger partial charge in [-0.3, -0.25) is 15.0 Å². The molecule has 0 saturated carbocycles. The average Bonchev–Trinajstić information content (AvgIpc) is 2.75. The molecule has 12 heteroatoms. The number of benzene rings is 2. The molecule has 0 atom stereocenters. The van der Waals surface area contributed by atoms with Gasteiger partial charge in [0.1, 0.15) is 5.84 Å². The van der Waals surface area contributed by atoms with E-state index in [0.717, 1.165) is 23.4 Å². The van der Waals surface area contributed by atoms with Crippen LogP contribution in [0.25, 0.3) is 0 Å². The molecule has 1 aliphatic heterocycles. The van der Waals surface area contributed by atoms with E-state index >= 15 is 0 Å². The summed E-state index contributed by atoms with van der Waals surface area (Å²) in [5.74, 6) is -3.55. The SMILES string of the molecule is CC(=O)O.N=C(N)c1ccc(C(=O)N2CCN(S(=O)(=O)c3ccc(F)c(F)c3)CC2)cc1. The zero-order chi connectivity index (χ0) is 24.1. The van der Waals surface area contributed by atoms with E-state index in [1.807, 2.05) is 0 Å². The van der Waals surface area contributed by atoms with Crippen molar-refractivity contribution in [2.75, 3.05) is 26.2 Å². The van der Waals surface area contributed by atoms with Gasteiger partial charge in [-0.1, -0.05) is 12.1 Å². The number of carboxylic acid groups (broad SMARTS) is 1. The molecule has 2 aromatic carbocycles. The molecule has 172 valence electrons. The van der Waals surface area contributed by atoms with Crippen molar-refractivity contribution in [1.82, 2.24) is 9.21 Å².